The lowest BCUT2D eigenvalue weighted by Crippen LogP contribution is -2.45. The minimum absolute atomic E-state index is 0.0771. The highest BCUT2D eigenvalue weighted by molar-refractivity contribution is 6.30. The van der Waals surface area contributed by atoms with E-state index < -0.39 is 6.10 Å². The highest BCUT2D eigenvalue weighted by Gasteiger charge is 2.28. The molecule has 5 heteroatoms. The summed E-state index contributed by atoms with van der Waals surface area (Å²) < 4.78 is 2.33. The average molecular weight is 443 g/mol. The molecule has 2 fully saturated rings. The van der Waals surface area contributed by atoms with Crippen molar-refractivity contribution < 1.29 is 9.90 Å². The minimum Gasteiger partial charge on any atom is -0.391 e. The summed E-state index contributed by atoms with van der Waals surface area (Å²) in [5.74, 6) is 0.570. The van der Waals surface area contributed by atoms with Crippen LogP contribution in [0.2, 0.25) is 5.02 Å². The van der Waals surface area contributed by atoms with E-state index in [9.17, 15) is 9.90 Å². The summed E-state index contributed by atoms with van der Waals surface area (Å²) in [4.78, 5) is 13.3. The SMILES string of the molecule is Cc1ccc(Cl)cc1-c1cc(C(=O)N[C@@H]2CCCC[C@H]2O)c(C)n1CC1CCCCC1. The third kappa shape index (κ3) is 5.01. The van der Waals surface area contributed by atoms with Crippen LogP contribution in [0, 0.1) is 19.8 Å². The first-order valence-corrected chi connectivity index (χ1v) is 12.3. The lowest BCUT2D eigenvalue weighted by Gasteiger charge is -2.28. The standard InChI is InChI=1S/C26H35ClN2O2/c1-17-12-13-20(27)14-21(17)24-15-22(26(31)28-23-10-6-7-11-25(23)30)18(2)29(24)16-19-8-4-3-5-9-19/h12-15,19,23,25,30H,3-11,16H2,1-2H3,(H,28,31)/t23-,25-/m1/s1. The molecule has 4 rings (SSSR count). The summed E-state index contributed by atoms with van der Waals surface area (Å²) in [6.07, 6.45) is 9.67. The van der Waals surface area contributed by atoms with Crippen LogP contribution in [0.3, 0.4) is 0 Å². The summed E-state index contributed by atoms with van der Waals surface area (Å²) in [5.41, 5.74) is 5.02. The zero-order chi connectivity index (χ0) is 22.0. The van der Waals surface area contributed by atoms with E-state index in [2.05, 4.69) is 23.7 Å². The Morgan fingerprint density at radius 1 is 1.06 bits per heavy atom. The Morgan fingerprint density at radius 3 is 2.52 bits per heavy atom. The third-order valence-electron chi connectivity index (χ3n) is 7.30. The van der Waals surface area contributed by atoms with E-state index in [-0.39, 0.29) is 11.9 Å². The number of amides is 1. The summed E-state index contributed by atoms with van der Waals surface area (Å²) in [6, 6.07) is 7.85. The maximum atomic E-state index is 13.3. The predicted octanol–water partition coefficient (Wildman–Crippen LogP) is 6.04. The van der Waals surface area contributed by atoms with E-state index in [1.807, 2.05) is 24.3 Å². The van der Waals surface area contributed by atoms with Gasteiger partial charge in [0.05, 0.1) is 17.7 Å². The Labute approximate surface area is 191 Å². The first-order chi connectivity index (χ1) is 14.9. The highest BCUT2D eigenvalue weighted by Crippen LogP contribution is 2.34. The van der Waals surface area contributed by atoms with Crippen LogP contribution in [0.1, 0.15) is 79.4 Å². The van der Waals surface area contributed by atoms with Crippen molar-refractivity contribution in [1.82, 2.24) is 9.88 Å². The van der Waals surface area contributed by atoms with Gasteiger partial charge >= 0.3 is 0 Å². The number of halogens is 1. The molecule has 0 aliphatic heterocycles. The molecule has 2 aliphatic carbocycles. The van der Waals surface area contributed by atoms with Crippen molar-refractivity contribution >= 4 is 17.5 Å². The first kappa shape index (κ1) is 22.4. The molecular formula is C26H35ClN2O2. The Hall–Kier alpha value is -1.78. The second-order valence-electron chi connectivity index (χ2n) is 9.53. The van der Waals surface area contributed by atoms with Gasteiger partial charge in [-0.1, -0.05) is 49.8 Å². The van der Waals surface area contributed by atoms with Gasteiger partial charge in [0.1, 0.15) is 0 Å². The molecule has 0 saturated heterocycles. The molecule has 2 N–H and O–H groups in total. The molecule has 168 valence electrons. The maximum Gasteiger partial charge on any atom is 0.253 e. The number of nitrogens with zero attached hydrogens (tertiary/aromatic N) is 1. The number of benzene rings is 1. The Morgan fingerprint density at radius 2 is 1.77 bits per heavy atom. The first-order valence-electron chi connectivity index (χ1n) is 11.9. The van der Waals surface area contributed by atoms with Crippen molar-refractivity contribution in [2.24, 2.45) is 5.92 Å². The van der Waals surface area contributed by atoms with Crippen molar-refractivity contribution in [1.29, 1.82) is 0 Å². The van der Waals surface area contributed by atoms with Crippen molar-refractivity contribution in [3.8, 4) is 11.3 Å². The van der Waals surface area contributed by atoms with E-state index in [0.717, 1.165) is 54.7 Å². The Kier molecular flexibility index (Phi) is 7.08. The van der Waals surface area contributed by atoms with Gasteiger partial charge in [0.15, 0.2) is 0 Å². The van der Waals surface area contributed by atoms with Gasteiger partial charge in [-0.3, -0.25) is 4.79 Å². The number of hydrogen-bond donors (Lipinski definition) is 2. The molecule has 0 radical (unpaired) electrons. The number of aromatic nitrogens is 1. The topological polar surface area (TPSA) is 54.3 Å². The molecule has 2 saturated carbocycles. The molecule has 1 heterocycles. The fourth-order valence-corrected chi connectivity index (χ4v) is 5.53. The number of rotatable bonds is 5. The van der Waals surface area contributed by atoms with Crippen LogP contribution in [-0.4, -0.2) is 27.7 Å². The van der Waals surface area contributed by atoms with Crippen molar-refractivity contribution in [2.75, 3.05) is 0 Å². The van der Waals surface area contributed by atoms with Crippen LogP contribution in [-0.2, 0) is 6.54 Å². The van der Waals surface area contributed by atoms with Gasteiger partial charge in [-0.05, 0) is 69.2 Å². The van der Waals surface area contributed by atoms with Gasteiger partial charge in [0.2, 0.25) is 0 Å². The highest BCUT2D eigenvalue weighted by atomic mass is 35.5. The van der Waals surface area contributed by atoms with E-state index in [0.29, 0.717) is 16.5 Å². The van der Waals surface area contributed by atoms with Gasteiger partial charge in [-0.15, -0.1) is 0 Å². The van der Waals surface area contributed by atoms with Crippen LogP contribution < -0.4 is 5.32 Å². The Bertz CT molecular complexity index is 930. The van der Waals surface area contributed by atoms with Gasteiger partial charge in [0.25, 0.3) is 5.91 Å². The molecule has 0 bridgehead atoms. The lowest BCUT2D eigenvalue weighted by atomic mass is 9.89. The molecule has 2 atom stereocenters. The smallest absolute Gasteiger partial charge is 0.253 e. The molecule has 2 aliphatic rings. The molecule has 0 unspecified atom stereocenters. The fourth-order valence-electron chi connectivity index (χ4n) is 5.36. The molecular weight excluding hydrogens is 408 g/mol. The normalized spacial score (nSPS) is 22.5. The van der Waals surface area contributed by atoms with Crippen LogP contribution in [0.25, 0.3) is 11.3 Å². The second kappa shape index (κ2) is 9.79. The maximum absolute atomic E-state index is 13.3. The molecule has 4 nitrogen and oxygen atoms in total. The zero-order valence-electron chi connectivity index (χ0n) is 18.8. The average Bonchev–Trinajstić information content (AvgIpc) is 3.08. The molecule has 1 amide bonds. The van der Waals surface area contributed by atoms with E-state index in [4.69, 9.17) is 11.6 Å². The minimum atomic E-state index is -0.447. The van der Waals surface area contributed by atoms with Crippen LogP contribution in [0.15, 0.2) is 24.3 Å². The summed E-state index contributed by atoms with van der Waals surface area (Å²) in [7, 11) is 0. The van der Waals surface area contributed by atoms with Crippen molar-refractivity contribution in [2.45, 2.75) is 90.3 Å². The molecule has 1 aromatic heterocycles. The number of hydrogen-bond acceptors (Lipinski definition) is 2. The molecule has 1 aromatic carbocycles. The number of aliphatic hydroxyl groups excluding tert-OH is 1. The Balaban J connectivity index is 1.68. The van der Waals surface area contributed by atoms with E-state index >= 15 is 0 Å². The number of carbonyl (C=O) groups excluding carboxylic acids is 1. The molecule has 2 aromatic rings. The fraction of sp³-hybridized carbons (Fsp3) is 0.577. The largest absolute Gasteiger partial charge is 0.391 e. The third-order valence-corrected chi connectivity index (χ3v) is 7.53. The lowest BCUT2D eigenvalue weighted by molar-refractivity contribution is 0.0716. The number of carbonyl (C=O) groups is 1. The molecule has 0 spiro atoms. The van der Waals surface area contributed by atoms with Gasteiger partial charge < -0.3 is 15.0 Å². The van der Waals surface area contributed by atoms with E-state index in [1.54, 1.807) is 0 Å². The van der Waals surface area contributed by atoms with Gasteiger partial charge in [0, 0.05) is 28.5 Å². The number of aryl methyl sites for hydroxylation is 1. The van der Waals surface area contributed by atoms with Crippen molar-refractivity contribution in [3.05, 3.63) is 46.1 Å². The second-order valence-corrected chi connectivity index (χ2v) is 9.97. The summed E-state index contributed by atoms with van der Waals surface area (Å²) in [5, 5.41) is 14.1. The van der Waals surface area contributed by atoms with Crippen LogP contribution in [0.5, 0.6) is 0 Å². The number of nitrogens with one attached hydrogen (secondary N) is 1. The summed E-state index contributed by atoms with van der Waals surface area (Å²) >= 11 is 6.35. The quantitative estimate of drug-likeness (QED) is 0.593. The summed E-state index contributed by atoms with van der Waals surface area (Å²) in [6.45, 7) is 5.09. The van der Waals surface area contributed by atoms with E-state index in [1.165, 1.54) is 32.1 Å². The van der Waals surface area contributed by atoms with Gasteiger partial charge in [-0.25, -0.2) is 0 Å². The predicted molar refractivity (Wildman–Crippen MR) is 127 cm³/mol. The van der Waals surface area contributed by atoms with Gasteiger partial charge in [-0.2, -0.15) is 0 Å². The molecule has 31 heavy (non-hydrogen) atoms. The number of aliphatic hydroxyl groups is 1. The zero-order valence-corrected chi connectivity index (χ0v) is 19.5. The van der Waals surface area contributed by atoms with Crippen LogP contribution in [0.4, 0.5) is 0 Å². The monoisotopic (exact) mass is 442 g/mol. The van der Waals surface area contributed by atoms with Crippen LogP contribution >= 0.6 is 11.6 Å². The van der Waals surface area contributed by atoms with Crippen molar-refractivity contribution in [3.63, 3.8) is 0 Å².